The second-order valence-corrected chi connectivity index (χ2v) is 12.9. The highest BCUT2D eigenvalue weighted by Crippen LogP contribution is 2.25. The first-order valence-electron chi connectivity index (χ1n) is 17.2. The van der Waals surface area contributed by atoms with Gasteiger partial charge in [0.2, 0.25) is 0 Å². The van der Waals surface area contributed by atoms with E-state index in [4.69, 9.17) is 28.6 Å². The average Bonchev–Trinajstić information content (AvgIpc) is 2.93. The fourth-order valence-electron chi connectivity index (χ4n) is 4.89. The maximum Gasteiger partial charge on any atom is 0.327 e. The summed E-state index contributed by atoms with van der Waals surface area (Å²) < 4.78 is 9.45. The van der Waals surface area contributed by atoms with Crippen LogP contribution in [0.5, 0.6) is 0 Å². The van der Waals surface area contributed by atoms with Gasteiger partial charge in [0.05, 0.1) is 13.2 Å². The van der Waals surface area contributed by atoms with Gasteiger partial charge >= 0.3 is 17.2 Å². The quantitative estimate of drug-likeness (QED) is 0.0445. The highest BCUT2D eigenvalue weighted by Gasteiger charge is 1.99. The Morgan fingerprint density at radius 3 is 0.650 bits per heavy atom. The van der Waals surface area contributed by atoms with Gasteiger partial charge in [-0.05, 0) is 12.8 Å². The number of hydrogen-bond donors (Lipinski definition) is 4. The second kappa shape index (κ2) is 39.6. The van der Waals surface area contributed by atoms with Crippen LogP contribution in [0.15, 0.2) is 0 Å². The monoisotopic (exact) mass is 612 g/mol. The molecule has 4 N–H and O–H groups in total. The molecule has 6 nitrogen and oxygen atoms in total. The van der Waals surface area contributed by atoms with Gasteiger partial charge in [0.25, 0.3) is 0 Å². The van der Waals surface area contributed by atoms with E-state index in [1.165, 1.54) is 154 Å². The van der Waals surface area contributed by atoms with E-state index in [1.807, 2.05) is 0 Å². The molecule has 0 aromatic heterocycles. The van der Waals surface area contributed by atoms with E-state index in [-0.39, 0.29) is 0 Å². The van der Waals surface area contributed by atoms with E-state index < -0.39 is 17.2 Å². The lowest BCUT2D eigenvalue weighted by Gasteiger charge is -2.04. The van der Waals surface area contributed by atoms with Gasteiger partial charge in [0.15, 0.2) is 0 Å². The summed E-state index contributed by atoms with van der Waals surface area (Å²) >= 11 is 0. The molecule has 0 amide bonds. The van der Waals surface area contributed by atoms with Gasteiger partial charge in [-0.1, -0.05) is 181 Å². The van der Waals surface area contributed by atoms with Gasteiger partial charge < -0.3 is 28.6 Å². The summed E-state index contributed by atoms with van der Waals surface area (Å²) in [4.78, 5) is 34.2. The van der Waals surface area contributed by atoms with Crippen molar-refractivity contribution in [2.24, 2.45) is 0 Å². The number of hydrogen-bond acceptors (Lipinski definition) is 6. The Labute approximate surface area is 252 Å². The third-order valence-electron chi connectivity index (χ3n) is 7.41. The Morgan fingerprint density at radius 1 is 0.300 bits per heavy atom. The maximum absolute atomic E-state index is 8.55. The number of unbranched alkanes of at least 4 members (excludes halogenated alkanes) is 26. The van der Waals surface area contributed by atoms with Crippen LogP contribution in [0.3, 0.4) is 0 Å². The minimum atomic E-state index is -2.14. The molecule has 0 aliphatic heterocycles. The topological polar surface area (TPSA) is 99.4 Å². The van der Waals surface area contributed by atoms with Crippen LogP contribution in [-0.2, 0) is 9.05 Å². The molecule has 40 heavy (non-hydrogen) atoms. The van der Waals surface area contributed by atoms with Crippen LogP contribution in [0.2, 0.25) is 0 Å². The molecule has 0 heterocycles. The van der Waals surface area contributed by atoms with Gasteiger partial charge in [-0.15, -0.1) is 0 Å². The molecule has 0 bridgehead atoms. The molecule has 0 aliphatic carbocycles. The molecule has 0 aromatic carbocycles. The largest absolute Gasteiger partial charge is 0.328 e. The molecule has 0 atom stereocenters. The molecule has 0 spiro atoms. The number of rotatable bonds is 32. The molecule has 0 saturated heterocycles. The molecule has 0 fully saturated rings. The van der Waals surface area contributed by atoms with Crippen molar-refractivity contribution in [1.29, 1.82) is 0 Å². The normalized spacial score (nSPS) is 11.4. The standard InChI is InChI=1S/2C16H35O3P/c2*1-2-3-4-5-6-7-8-9-10-11-12-13-14-15-16-19-20(17)18/h2*17-18H,2-16H2,1H3. The van der Waals surface area contributed by atoms with E-state index in [2.05, 4.69) is 13.8 Å². The van der Waals surface area contributed by atoms with Crippen LogP contribution in [0.1, 0.15) is 194 Å². The van der Waals surface area contributed by atoms with Crippen LogP contribution >= 0.6 is 17.2 Å². The first kappa shape index (κ1) is 42.8. The van der Waals surface area contributed by atoms with Crippen LogP contribution in [-0.4, -0.2) is 32.8 Å². The van der Waals surface area contributed by atoms with Crippen molar-refractivity contribution in [2.45, 2.75) is 194 Å². The molecule has 0 radical (unpaired) electrons. The summed E-state index contributed by atoms with van der Waals surface area (Å²) in [5.74, 6) is 0. The fraction of sp³-hybridized carbons (Fsp3) is 1.00. The highest BCUT2D eigenvalue weighted by atomic mass is 31.2. The van der Waals surface area contributed by atoms with Crippen molar-refractivity contribution in [2.75, 3.05) is 13.2 Å². The first-order chi connectivity index (χ1) is 19.5. The lowest BCUT2D eigenvalue weighted by atomic mass is 10.0. The Balaban J connectivity index is 0. The van der Waals surface area contributed by atoms with Gasteiger partial charge in [-0.2, -0.15) is 0 Å². The van der Waals surface area contributed by atoms with E-state index >= 15 is 0 Å². The molecular formula is C32H70O6P2. The summed E-state index contributed by atoms with van der Waals surface area (Å²) in [5.41, 5.74) is 0. The van der Waals surface area contributed by atoms with Crippen molar-refractivity contribution in [1.82, 2.24) is 0 Å². The Morgan fingerprint density at radius 2 is 0.475 bits per heavy atom. The average molecular weight is 613 g/mol. The molecule has 244 valence electrons. The Hall–Kier alpha value is 0.620. The first-order valence-corrected chi connectivity index (χ1v) is 19.5. The summed E-state index contributed by atoms with van der Waals surface area (Å²) in [6.45, 7) is 5.50. The van der Waals surface area contributed by atoms with Crippen molar-refractivity contribution in [3.05, 3.63) is 0 Å². The van der Waals surface area contributed by atoms with Gasteiger partial charge in [0, 0.05) is 0 Å². The van der Waals surface area contributed by atoms with Crippen LogP contribution in [0, 0.1) is 0 Å². The smallest absolute Gasteiger partial charge is 0.327 e. The molecule has 8 heteroatoms. The Bertz CT molecular complexity index is 392. The van der Waals surface area contributed by atoms with Crippen LogP contribution < -0.4 is 0 Å². The molecule has 0 saturated carbocycles. The lowest BCUT2D eigenvalue weighted by molar-refractivity contribution is 0.247. The third-order valence-corrected chi connectivity index (χ3v) is 8.24. The van der Waals surface area contributed by atoms with E-state index in [0.717, 1.165) is 25.7 Å². The van der Waals surface area contributed by atoms with Gasteiger partial charge in [-0.25, -0.2) is 0 Å². The zero-order chi connectivity index (χ0) is 29.8. The summed E-state index contributed by atoms with van der Waals surface area (Å²) in [6, 6.07) is 0. The zero-order valence-electron chi connectivity index (χ0n) is 26.7. The fourth-order valence-corrected chi connectivity index (χ4v) is 5.47. The van der Waals surface area contributed by atoms with Gasteiger partial charge in [0.1, 0.15) is 0 Å². The predicted octanol–water partition coefficient (Wildman–Crippen LogP) is 11.4. The highest BCUT2D eigenvalue weighted by molar-refractivity contribution is 7.39. The molecule has 0 unspecified atom stereocenters. The molecule has 0 rings (SSSR count). The summed E-state index contributed by atoms with van der Waals surface area (Å²) in [7, 11) is -4.28. The zero-order valence-corrected chi connectivity index (χ0v) is 28.5. The molecular weight excluding hydrogens is 542 g/mol. The van der Waals surface area contributed by atoms with E-state index in [9.17, 15) is 0 Å². The van der Waals surface area contributed by atoms with Crippen molar-refractivity contribution in [3.8, 4) is 0 Å². The molecule has 0 aliphatic rings. The SMILES string of the molecule is CCCCCCCCCCCCCCCCOP(O)O.CCCCCCCCCCCCCCCCOP(O)O. The summed E-state index contributed by atoms with van der Waals surface area (Å²) in [5, 5.41) is 0. The second-order valence-electron chi connectivity index (χ2n) is 11.4. The van der Waals surface area contributed by atoms with Crippen molar-refractivity contribution < 1.29 is 28.6 Å². The van der Waals surface area contributed by atoms with E-state index in [0.29, 0.717) is 13.2 Å². The minimum Gasteiger partial charge on any atom is -0.328 e. The van der Waals surface area contributed by atoms with Crippen LogP contribution in [0.4, 0.5) is 0 Å². The Kier molecular flexibility index (Phi) is 42.3. The van der Waals surface area contributed by atoms with Crippen molar-refractivity contribution >= 4 is 17.2 Å². The predicted molar refractivity (Wildman–Crippen MR) is 175 cm³/mol. The van der Waals surface area contributed by atoms with Crippen LogP contribution in [0.25, 0.3) is 0 Å². The lowest BCUT2D eigenvalue weighted by Crippen LogP contribution is -1.89. The molecule has 0 aromatic rings. The van der Waals surface area contributed by atoms with Crippen molar-refractivity contribution in [3.63, 3.8) is 0 Å². The van der Waals surface area contributed by atoms with E-state index in [1.54, 1.807) is 0 Å². The summed E-state index contributed by atoms with van der Waals surface area (Å²) in [6.07, 6.45) is 37.3. The van der Waals surface area contributed by atoms with Gasteiger partial charge in [-0.3, -0.25) is 0 Å². The third kappa shape index (κ3) is 45.6. The maximum atomic E-state index is 8.55. The minimum absolute atomic E-state index is 0.483.